The molecule has 0 bridgehead atoms. The highest BCUT2D eigenvalue weighted by Gasteiger charge is 2.31. The van der Waals surface area contributed by atoms with Crippen LogP contribution in [0.25, 0.3) is 0 Å². The molecule has 6 nitrogen and oxygen atoms in total. The van der Waals surface area contributed by atoms with Gasteiger partial charge in [-0.1, -0.05) is 16.3 Å². The summed E-state index contributed by atoms with van der Waals surface area (Å²) in [6, 6.07) is 2.61. The number of amides is 1. The summed E-state index contributed by atoms with van der Waals surface area (Å²) < 4.78 is 43.7. The van der Waals surface area contributed by atoms with Crippen LogP contribution in [0.15, 0.2) is 32.5 Å². The van der Waals surface area contributed by atoms with E-state index in [0.29, 0.717) is 0 Å². The van der Waals surface area contributed by atoms with Crippen LogP contribution >= 0.6 is 23.4 Å². The number of aromatic amines is 1. The number of anilines is 1. The molecule has 0 spiro atoms. The largest absolute Gasteiger partial charge is 0.441 e. The molecule has 1 heterocycles. The first kappa shape index (κ1) is 17.4. The van der Waals surface area contributed by atoms with Crippen LogP contribution in [-0.4, -0.2) is 16.9 Å². The van der Waals surface area contributed by atoms with Gasteiger partial charge in [0.25, 0.3) is 0 Å². The van der Waals surface area contributed by atoms with Crippen LogP contribution in [0.2, 0.25) is 5.02 Å². The van der Waals surface area contributed by atoms with Gasteiger partial charge in [-0.3, -0.25) is 9.32 Å². The fourth-order valence-electron chi connectivity index (χ4n) is 1.61. The number of aryl methyl sites for hydroxylation is 1. The molecular weight excluding hydrogens is 359 g/mol. The number of thioether (sulfide) groups is 1. The summed E-state index contributed by atoms with van der Waals surface area (Å²) >= 11 is 6.65. The molecule has 2 rings (SSSR count). The molecule has 0 fully saturated rings. The Hall–Kier alpha value is -1.94. The van der Waals surface area contributed by atoms with Gasteiger partial charge < -0.3 is 5.32 Å². The van der Waals surface area contributed by atoms with E-state index in [2.05, 4.69) is 15.1 Å². The minimum absolute atomic E-state index is 0.0249. The zero-order valence-electron chi connectivity index (χ0n) is 11.5. The Balaban J connectivity index is 2.07. The molecule has 23 heavy (non-hydrogen) atoms. The number of nitrogens with zero attached hydrogens (tertiary/aromatic N) is 1. The molecule has 0 aliphatic rings. The Morgan fingerprint density at radius 1 is 1.48 bits per heavy atom. The second-order valence-electron chi connectivity index (χ2n) is 4.37. The zero-order valence-corrected chi connectivity index (χ0v) is 13.1. The third kappa shape index (κ3) is 4.29. The van der Waals surface area contributed by atoms with Crippen LogP contribution in [0.1, 0.15) is 5.56 Å². The fourth-order valence-corrected chi connectivity index (χ4v) is 2.50. The quantitative estimate of drug-likeness (QED) is 0.640. The molecule has 1 aromatic heterocycles. The Labute approximate surface area is 136 Å². The summed E-state index contributed by atoms with van der Waals surface area (Å²) in [4.78, 5) is 23.1. The monoisotopic (exact) mass is 368 g/mol. The summed E-state index contributed by atoms with van der Waals surface area (Å²) in [5.41, 5.74) is -1.73. The van der Waals surface area contributed by atoms with Crippen molar-refractivity contribution in [2.24, 2.45) is 7.05 Å². The molecule has 124 valence electrons. The summed E-state index contributed by atoms with van der Waals surface area (Å²) in [5.74, 6) is -0.819. The standard InChI is InChI=1S/C12H9ClF3N3O3S/c1-19-10(11(21)22-18-19)23-5-9(20)17-8-4-6(12(14,15)16)2-3-7(8)13/h2-4H,5H2,1H3,(H-,17,18,20,21)/p+1. The first-order valence-electron chi connectivity index (χ1n) is 6.05. The number of halogens is 4. The van der Waals surface area contributed by atoms with E-state index in [1.807, 2.05) is 0 Å². The number of benzene rings is 1. The number of carbonyl (C=O) groups is 1. The van der Waals surface area contributed by atoms with Crippen LogP contribution in [0.5, 0.6) is 0 Å². The predicted molar refractivity (Wildman–Crippen MR) is 76.3 cm³/mol. The number of carbonyl (C=O) groups excluding carboxylic acids is 1. The first-order chi connectivity index (χ1) is 10.7. The molecule has 2 N–H and O–H groups in total. The lowest BCUT2D eigenvalue weighted by Crippen LogP contribution is -2.34. The Morgan fingerprint density at radius 3 is 2.74 bits per heavy atom. The molecule has 0 unspecified atom stereocenters. The van der Waals surface area contributed by atoms with Gasteiger partial charge in [0.15, 0.2) is 7.05 Å². The number of alkyl halides is 3. The van der Waals surface area contributed by atoms with Crippen molar-refractivity contribution in [2.75, 3.05) is 11.1 Å². The second kappa shape index (κ2) is 6.67. The minimum Gasteiger partial charge on any atom is -0.324 e. The Kier molecular flexibility index (Phi) is 5.05. The summed E-state index contributed by atoms with van der Waals surface area (Å²) in [6.45, 7) is 0. The number of hydrogen-bond donors (Lipinski definition) is 2. The first-order valence-corrected chi connectivity index (χ1v) is 7.41. The van der Waals surface area contributed by atoms with Gasteiger partial charge in [-0.25, -0.2) is 4.79 Å². The van der Waals surface area contributed by atoms with E-state index in [9.17, 15) is 22.8 Å². The maximum absolute atomic E-state index is 12.6. The maximum atomic E-state index is 12.6. The number of nitrogens with one attached hydrogen (secondary N) is 2. The lowest BCUT2D eigenvalue weighted by atomic mass is 10.2. The molecule has 0 atom stereocenters. The minimum atomic E-state index is -4.54. The lowest BCUT2D eigenvalue weighted by Gasteiger charge is -2.11. The van der Waals surface area contributed by atoms with Crippen molar-refractivity contribution in [1.29, 1.82) is 0 Å². The van der Waals surface area contributed by atoms with E-state index < -0.39 is 23.3 Å². The summed E-state index contributed by atoms with van der Waals surface area (Å²) in [5, 5.41) is 4.68. The average molecular weight is 369 g/mol. The van der Waals surface area contributed by atoms with Crippen molar-refractivity contribution < 1.29 is 27.2 Å². The van der Waals surface area contributed by atoms with Gasteiger partial charge in [0.2, 0.25) is 5.91 Å². The van der Waals surface area contributed by atoms with Crippen LogP contribution in [0.4, 0.5) is 18.9 Å². The molecule has 2 aromatic rings. The zero-order chi connectivity index (χ0) is 17.2. The highest BCUT2D eigenvalue weighted by atomic mass is 35.5. The fraction of sp³-hybridized carbons (Fsp3) is 0.250. The van der Waals surface area contributed by atoms with Gasteiger partial charge in [-0.2, -0.15) is 13.2 Å². The number of H-pyrrole nitrogens is 1. The van der Waals surface area contributed by atoms with Crippen LogP contribution in [0.3, 0.4) is 0 Å². The number of hydrogen-bond acceptors (Lipinski definition) is 4. The maximum Gasteiger partial charge on any atom is 0.441 e. The van der Waals surface area contributed by atoms with Crippen molar-refractivity contribution in [3.63, 3.8) is 0 Å². The average Bonchev–Trinajstić information content (AvgIpc) is 2.77. The topological polar surface area (TPSA) is 79.0 Å². The van der Waals surface area contributed by atoms with E-state index in [4.69, 9.17) is 11.6 Å². The highest BCUT2D eigenvalue weighted by Crippen LogP contribution is 2.33. The predicted octanol–water partition coefficient (Wildman–Crippen LogP) is 2.20. The van der Waals surface area contributed by atoms with Gasteiger partial charge >= 0.3 is 16.8 Å². The summed E-state index contributed by atoms with van der Waals surface area (Å²) in [6.07, 6.45) is -4.54. The third-order valence-electron chi connectivity index (χ3n) is 2.66. The van der Waals surface area contributed by atoms with Crippen LogP contribution in [-0.2, 0) is 18.0 Å². The van der Waals surface area contributed by atoms with Crippen molar-refractivity contribution in [3.8, 4) is 0 Å². The Morgan fingerprint density at radius 2 is 2.17 bits per heavy atom. The Bertz CT molecular complexity index is 788. The lowest BCUT2D eigenvalue weighted by molar-refractivity contribution is -0.772. The van der Waals surface area contributed by atoms with Crippen LogP contribution < -0.4 is 15.6 Å². The van der Waals surface area contributed by atoms with Gasteiger partial charge in [-0.15, -0.1) is 0 Å². The van der Waals surface area contributed by atoms with Crippen molar-refractivity contribution >= 4 is 35.0 Å². The molecule has 0 radical (unpaired) electrons. The highest BCUT2D eigenvalue weighted by molar-refractivity contribution is 7.99. The van der Waals surface area contributed by atoms with Gasteiger partial charge in [0.05, 0.1) is 22.0 Å². The third-order valence-corrected chi connectivity index (χ3v) is 4.11. The molecule has 0 aliphatic heterocycles. The van der Waals surface area contributed by atoms with Crippen molar-refractivity contribution in [3.05, 3.63) is 39.2 Å². The number of rotatable bonds is 4. The van der Waals surface area contributed by atoms with Gasteiger partial charge in [0, 0.05) is 0 Å². The normalized spacial score (nSPS) is 11.5. The molecule has 0 aliphatic carbocycles. The van der Waals surface area contributed by atoms with Crippen LogP contribution in [0, 0.1) is 0 Å². The van der Waals surface area contributed by atoms with Crippen molar-refractivity contribution in [2.45, 2.75) is 11.2 Å². The van der Waals surface area contributed by atoms with E-state index in [0.717, 1.165) is 30.0 Å². The molecular formula is C12H10ClF3N3O3S+. The van der Waals surface area contributed by atoms with E-state index >= 15 is 0 Å². The molecule has 1 aromatic carbocycles. The van der Waals surface area contributed by atoms with Gasteiger partial charge in [-0.05, 0) is 35.2 Å². The summed E-state index contributed by atoms with van der Waals surface area (Å²) in [7, 11) is 1.51. The molecule has 1 amide bonds. The van der Waals surface area contributed by atoms with Gasteiger partial charge in [0.1, 0.15) is 0 Å². The van der Waals surface area contributed by atoms with E-state index in [-0.39, 0.29) is 21.5 Å². The molecule has 11 heteroatoms. The molecule has 0 saturated heterocycles. The SMILES string of the molecule is C[n+]1[nH]oc(=O)c1SCC(=O)Nc1cc(C(F)(F)F)ccc1Cl. The van der Waals surface area contributed by atoms with E-state index in [1.54, 1.807) is 0 Å². The number of aromatic nitrogens is 2. The smallest absolute Gasteiger partial charge is 0.324 e. The van der Waals surface area contributed by atoms with E-state index in [1.165, 1.54) is 11.7 Å². The molecule has 0 saturated carbocycles. The second-order valence-corrected chi connectivity index (χ2v) is 5.75. The van der Waals surface area contributed by atoms with Crippen molar-refractivity contribution in [1.82, 2.24) is 5.27 Å².